The number of hydrogen-bond donors (Lipinski definition) is 0. The van der Waals surface area contributed by atoms with Crippen LogP contribution in [0.5, 0.6) is 0 Å². The molecule has 2 aromatic rings. The van der Waals surface area contributed by atoms with Crippen molar-refractivity contribution in [2.75, 3.05) is 0 Å². The number of rotatable bonds is 3. The molecular weight excluding hydrogens is 306 g/mol. The van der Waals surface area contributed by atoms with Crippen LogP contribution in [0.2, 0.25) is 0 Å². The van der Waals surface area contributed by atoms with Crippen LogP contribution in [-0.2, 0) is 0 Å². The van der Waals surface area contributed by atoms with Crippen molar-refractivity contribution in [3.8, 4) is 11.1 Å². The molecule has 0 N–H and O–H groups in total. The van der Waals surface area contributed by atoms with Gasteiger partial charge in [-0.25, -0.2) is 8.78 Å². The van der Waals surface area contributed by atoms with Gasteiger partial charge in [0.05, 0.1) is 5.56 Å². The van der Waals surface area contributed by atoms with E-state index in [2.05, 4.69) is 6.92 Å². The SMILES string of the molecule is Cc1ccc(-c2ccc(C(=O)C3CCC(C)CC3)c(F)c2F)cc1. The third-order valence-corrected chi connectivity index (χ3v) is 5.10. The lowest BCUT2D eigenvalue weighted by molar-refractivity contribution is 0.0870. The van der Waals surface area contributed by atoms with Crippen LogP contribution in [0.3, 0.4) is 0 Å². The van der Waals surface area contributed by atoms with Gasteiger partial charge in [0, 0.05) is 11.5 Å². The third-order valence-electron chi connectivity index (χ3n) is 5.10. The molecule has 0 saturated heterocycles. The predicted octanol–water partition coefficient (Wildman–Crippen LogP) is 5.95. The lowest BCUT2D eigenvalue weighted by Crippen LogP contribution is -2.22. The molecule has 0 spiro atoms. The molecule has 2 aromatic carbocycles. The predicted molar refractivity (Wildman–Crippen MR) is 92.0 cm³/mol. The molecule has 0 aromatic heterocycles. The molecule has 0 atom stereocenters. The Hall–Kier alpha value is -2.03. The summed E-state index contributed by atoms with van der Waals surface area (Å²) < 4.78 is 29.0. The van der Waals surface area contributed by atoms with Gasteiger partial charge < -0.3 is 0 Å². The van der Waals surface area contributed by atoms with E-state index in [4.69, 9.17) is 0 Å². The van der Waals surface area contributed by atoms with Gasteiger partial charge >= 0.3 is 0 Å². The van der Waals surface area contributed by atoms with Crippen molar-refractivity contribution in [2.24, 2.45) is 11.8 Å². The van der Waals surface area contributed by atoms with Crippen LogP contribution >= 0.6 is 0 Å². The lowest BCUT2D eigenvalue weighted by Gasteiger charge is -2.25. The van der Waals surface area contributed by atoms with Crippen molar-refractivity contribution in [2.45, 2.75) is 39.5 Å². The standard InChI is InChI=1S/C21H22F2O/c1-13-3-7-15(8-4-13)17-11-12-18(20(23)19(17)22)21(24)16-9-5-14(2)6-10-16/h3-4,7-8,11-12,14,16H,5-6,9-10H2,1-2H3. The van der Waals surface area contributed by atoms with Gasteiger partial charge in [-0.2, -0.15) is 0 Å². The molecule has 0 unspecified atom stereocenters. The van der Waals surface area contributed by atoms with Gasteiger partial charge in [0.25, 0.3) is 0 Å². The number of carbonyl (C=O) groups excluding carboxylic acids is 1. The molecule has 0 radical (unpaired) electrons. The second-order valence-electron chi connectivity index (χ2n) is 6.98. The maximum atomic E-state index is 14.5. The Kier molecular flexibility index (Phi) is 4.79. The van der Waals surface area contributed by atoms with E-state index in [9.17, 15) is 13.6 Å². The van der Waals surface area contributed by atoms with E-state index in [1.165, 1.54) is 12.1 Å². The molecule has 1 fully saturated rings. The van der Waals surface area contributed by atoms with Crippen molar-refractivity contribution in [1.29, 1.82) is 0 Å². The quantitative estimate of drug-likeness (QED) is 0.636. The van der Waals surface area contributed by atoms with Gasteiger partial charge in [-0.1, -0.05) is 55.7 Å². The minimum atomic E-state index is -1.02. The molecule has 3 rings (SSSR count). The first-order chi connectivity index (χ1) is 11.5. The van der Waals surface area contributed by atoms with Crippen LogP contribution in [0.15, 0.2) is 36.4 Å². The summed E-state index contributed by atoms with van der Waals surface area (Å²) in [5.74, 6) is -1.78. The Balaban J connectivity index is 1.90. The first-order valence-corrected chi connectivity index (χ1v) is 8.56. The molecular formula is C21H22F2O. The minimum absolute atomic E-state index is 0.108. The van der Waals surface area contributed by atoms with E-state index in [-0.39, 0.29) is 22.8 Å². The van der Waals surface area contributed by atoms with E-state index < -0.39 is 11.6 Å². The Morgan fingerprint density at radius 3 is 2.17 bits per heavy atom. The van der Waals surface area contributed by atoms with E-state index in [1.54, 1.807) is 12.1 Å². The molecule has 0 heterocycles. The van der Waals surface area contributed by atoms with Crippen LogP contribution < -0.4 is 0 Å². The van der Waals surface area contributed by atoms with Crippen molar-refractivity contribution >= 4 is 5.78 Å². The zero-order valence-electron chi connectivity index (χ0n) is 14.1. The number of Topliss-reactive ketones (excluding diaryl/α,β-unsaturated/α-hetero) is 1. The Bertz CT molecular complexity index is 741. The minimum Gasteiger partial charge on any atom is -0.294 e. The zero-order chi connectivity index (χ0) is 17.3. The number of halogens is 2. The first-order valence-electron chi connectivity index (χ1n) is 8.56. The van der Waals surface area contributed by atoms with Crippen LogP contribution in [0.4, 0.5) is 8.78 Å². The average molecular weight is 328 g/mol. The summed E-state index contributed by atoms with van der Waals surface area (Å²) >= 11 is 0. The molecule has 1 nitrogen and oxygen atoms in total. The summed E-state index contributed by atoms with van der Waals surface area (Å²) in [6, 6.07) is 10.2. The van der Waals surface area contributed by atoms with Gasteiger partial charge in [0.1, 0.15) is 0 Å². The fraction of sp³-hybridized carbons (Fsp3) is 0.381. The van der Waals surface area contributed by atoms with Crippen molar-refractivity contribution in [1.82, 2.24) is 0 Å². The van der Waals surface area contributed by atoms with E-state index in [1.807, 2.05) is 19.1 Å². The summed E-state index contributed by atoms with van der Waals surface area (Å²) in [4.78, 5) is 12.6. The van der Waals surface area contributed by atoms with Gasteiger partial charge in [0.15, 0.2) is 17.4 Å². The molecule has 24 heavy (non-hydrogen) atoms. The van der Waals surface area contributed by atoms with Gasteiger partial charge in [-0.3, -0.25) is 4.79 Å². The van der Waals surface area contributed by atoms with Gasteiger partial charge in [0.2, 0.25) is 0 Å². The Labute approximate surface area is 141 Å². The number of benzene rings is 2. The number of carbonyl (C=O) groups is 1. The normalized spacial score (nSPS) is 20.8. The highest BCUT2D eigenvalue weighted by atomic mass is 19.2. The highest BCUT2D eigenvalue weighted by molar-refractivity contribution is 5.98. The summed E-state index contributed by atoms with van der Waals surface area (Å²) in [5.41, 5.74) is 1.75. The van der Waals surface area contributed by atoms with Crippen LogP contribution in [-0.4, -0.2) is 5.78 Å². The van der Waals surface area contributed by atoms with Crippen molar-refractivity contribution in [3.63, 3.8) is 0 Å². The molecule has 0 amide bonds. The maximum absolute atomic E-state index is 14.5. The number of ketones is 1. The second-order valence-corrected chi connectivity index (χ2v) is 6.98. The van der Waals surface area contributed by atoms with Crippen LogP contribution in [0.25, 0.3) is 11.1 Å². The molecule has 3 heteroatoms. The summed E-state index contributed by atoms with van der Waals surface area (Å²) in [6.45, 7) is 4.10. The van der Waals surface area contributed by atoms with Crippen LogP contribution in [0.1, 0.15) is 48.5 Å². The van der Waals surface area contributed by atoms with Crippen LogP contribution in [0, 0.1) is 30.4 Å². The summed E-state index contributed by atoms with van der Waals surface area (Å²) in [6.07, 6.45) is 3.48. The molecule has 126 valence electrons. The monoisotopic (exact) mass is 328 g/mol. The van der Waals surface area contributed by atoms with E-state index in [0.717, 1.165) is 31.2 Å². The van der Waals surface area contributed by atoms with Gasteiger partial charge in [-0.15, -0.1) is 0 Å². The second kappa shape index (κ2) is 6.84. The highest BCUT2D eigenvalue weighted by Crippen LogP contribution is 2.33. The average Bonchev–Trinajstić information content (AvgIpc) is 2.58. The maximum Gasteiger partial charge on any atom is 0.170 e. The number of hydrogen-bond acceptors (Lipinski definition) is 1. The summed E-state index contributed by atoms with van der Waals surface area (Å²) in [5, 5.41) is 0. The molecule has 1 aliphatic carbocycles. The third kappa shape index (κ3) is 3.26. The lowest BCUT2D eigenvalue weighted by atomic mass is 9.79. The highest BCUT2D eigenvalue weighted by Gasteiger charge is 2.28. The zero-order valence-corrected chi connectivity index (χ0v) is 14.1. The molecule has 0 aliphatic heterocycles. The van der Waals surface area contributed by atoms with Crippen molar-refractivity contribution in [3.05, 3.63) is 59.2 Å². The van der Waals surface area contributed by atoms with E-state index in [0.29, 0.717) is 11.5 Å². The fourth-order valence-corrected chi connectivity index (χ4v) is 3.44. The molecule has 0 bridgehead atoms. The van der Waals surface area contributed by atoms with Gasteiger partial charge in [-0.05, 0) is 37.3 Å². The Morgan fingerprint density at radius 1 is 0.917 bits per heavy atom. The first kappa shape index (κ1) is 16.8. The smallest absolute Gasteiger partial charge is 0.170 e. The van der Waals surface area contributed by atoms with E-state index >= 15 is 0 Å². The fourth-order valence-electron chi connectivity index (χ4n) is 3.44. The Morgan fingerprint density at radius 2 is 1.54 bits per heavy atom. The van der Waals surface area contributed by atoms with Crippen molar-refractivity contribution < 1.29 is 13.6 Å². The largest absolute Gasteiger partial charge is 0.294 e. The molecule has 1 saturated carbocycles. The topological polar surface area (TPSA) is 17.1 Å². The number of aryl methyl sites for hydroxylation is 1. The molecule has 1 aliphatic rings. The summed E-state index contributed by atoms with van der Waals surface area (Å²) in [7, 11) is 0.